The zero-order valence-electron chi connectivity index (χ0n) is 8.49. The van der Waals surface area contributed by atoms with Crippen LogP contribution in [0.2, 0.25) is 0 Å². The Kier molecular flexibility index (Phi) is 5.03. The highest BCUT2D eigenvalue weighted by atomic mass is 32.1. The molecule has 1 unspecified atom stereocenters. The molecule has 0 aliphatic carbocycles. The normalized spacial score (nSPS) is 13.1. The molecule has 0 spiro atoms. The number of thiazole rings is 1. The third-order valence-electron chi connectivity index (χ3n) is 1.82. The first kappa shape index (κ1) is 11.6. The fraction of sp³-hybridized carbons (Fsp3) is 0.667. The Morgan fingerprint density at radius 1 is 1.71 bits per heavy atom. The van der Waals surface area contributed by atoms with Crippen LogP contribution in [0.5, 0.6) is 0 Å². The van der Waals surface area contributed by atoms with Crippen LogP contribution in [-0.2, 0) is 11.3 Å². The second-order valence-corrected chi connectivity index (χ2v) is 4.38. The summed E-state index contributed by atoms with van der Waals surface area (Å²) < 4.78 is 4.95. The van der Waals surface area contributed by atoms with E-state index in [1.165, 1.54) is 4.88 Å². The van der Waals surface area contributed by atoms with Crippen molar-refractivity contribution in [3.63, 3.8) is 0 Å². The van der Waals surface area contributed by atoms with E-state index in [2.05, 4.69) is 10.3 Å². The maximum Gasteiger partial charge on any atom is 0.0897 e. The molecule has 14 heavy (non-hydrogen) atoms. The Labute approximate surface area is 87.9 Å². The van der Waals surface area contributed by atoms with E-state index in [-0.39, 0.29) is 12.6 Å². The zero-order chi connectivity index (χ0) is 10.4. The van der Waals surface area contributed by atoms with Crippen LogP contribution in [0.15, 0.2) is 6.20 Å². The van der Waals surface area contributed by atoms with Crippen LogP contribution in [-0.4, -0.2) is 36.5 Å². The minimum atomic E-state index is 0.00223. The number of aryl methyl sites for hydroxylation is 1. The van der Waals surface area contributed by atoms with Gasteiger partial charge in [-0.25, -0.2) is 4.98 Å². The van der Waals surface area contributed by atoms with Gasteiger partial charge in [-0.1, -0.05) is 0 Å². The summed E-state index contributed by atoms with van der Waals surface area (Å²) in [5, 5.41) is 13.2. The third-order valence-corrected chi connectivity index (χ3v) is 2.74. The maximum absolute atomic E-state index is 8.99. The second-order valence-electron chi connectivity index (χ2n) is 3.06. The molecule has 0 aliphatic heterocycles. The first-order valence-electron chi connectivity index (χ1n) is 4.50. The van der Waals surface area contributed by atoms with Crippen molar-refractivity contribution in [2.75, 3.05) is 20.3 Å². The molecule has 0 fully saturated rings. The van der Waals surface area contributed by atoms with Gasteiger partial charge in [0, 0.05) is 24.7 Å². The number of ether oxygens (including phenoxy) is 1. The predicted molar refractivity (Wildman–Crippen MR) is 56.4 cm³/mol. The van der Waals surface area contributed by atoms with Crippen molar-refractivity contribution >= 4 is 11.3 Å². The summed E-state index contributed by atoms with van der Waals surface area (Å²) in [7, 11) is 1.63. The fourth-order valence-electron chi connectivity index (χ4n) is 1.11. The molecule has 1 rings (SSSR count). The average Bonchev–Trinajstić information content (AvgIpc) is 2.59. The number of aliphatic hydroxyl groups excluding tert-OH is 1. The highest BCUT2D eigenvalue weighted by molar-refractivity contribution is 7.11. The van der Waals surface area contributed by atoms with Gasteiger partial charge in [-0.3, -0.25) is 0 Å². The molecule has 5 heteroatoms. The minimum Gasteiger partial charge on any atom is -0.395 e. The van der Waals surface area contributed by atoms with E-state index in [9.17, 15) is 0 Å². The molecule has 0 bridgehead atoms. The molecule has 1 aromatic rings. The average molecular weight is 216 g/mol. The maximum atomic E-state index is 8.99. The van der Waals surface area contributed by atoms with Crippen LogP contribution in [0.25, 0.3) is 0 Å². The Balaban J connectivity index is 2.31. The van der Waals surface area contributed by atoms with E-state index < -0.39 is 0 Å². The number of aliphatic hydroxyl groups is 1. The van der Waals surface area contributed by atoms with Crippen LogP contribution in [0.1, 0.15) is 9.88 Å². The van der Waals surface area contributed by atoms with Gasteiger partial charge < -0.3 is 15.2 Å². The summed E-state index contributed by atoms with van der Waals surface area (Å²) in [5.74, 6) is 0. The smallest absolute Gasteiger partial charge is 0.0897 e. The predicted octanol–water partition coefficient (Wildman–Crippen LogP) is 0.548. The number of hydrogen-bond donors (Lipinski definition) is 2. The Morgan fingerprint density at radius 2 is 2.50 bits per heavy atom. The van der Waals surface area contributed by atoms with Gasteiger partial charge in [-0.2, -0.15) is 0 Å². The Bertz CT molecular complexity index is 265. The molecule has 0 aliphatic rings. The number of rotatable bonds is 6. The van der Waals surface area contributed by atoms with E-state index >= 15 is 0 Å². The monoisotopic (exact) mass is 216 g/mol. The number of nitrogens with zero attached hydrogens (tertiary/aromatic N) is 1. The van der Waals surface area contributed by atoms with Crippen molar-refractivity contribution in [3.05, 3.63) is 16.1 Å². The highest BCUT2D eigenvalue weighted by Crippen LogP contribution is 2.10. The first-order valence-corrected chi connectivity index (χ1v) is 5.32. The Hall–Kier alpha value is -0.490. The van der Waals surface area contributed by atoms with Gasteiger partial charge >= 0.3 is 0 Å². The molecular weight excluding hydrogens is 200 g/mol. The van der Waals surface area contributed by atoms with E-state index in [4.69, 9.17) is 9.84 Å². The molecule has 1 atom stereocenters. The topological polar surface area (TPSA) is 54.4 Å². The molecule has 0 saturated carbocycles. The van der Waals surface area contributed by atoms with Crippen LogP contribution in [0.4, 0.5) is 0 Å². The van der Waals surface area contributed by atoms with Gasteiger partial charge in [0.05, 0.1) is 24.3 Å². The van der Waals surface area contributed by atoms with Crippen LogP contribution in [0.3, 0.4) is 0 Å². The van der Waals surface area contributed by atoms with Gasteiger partial charge in [0.15, 0.2) is 0 Å². The number of aromatic nitrogens is 1. The van der Waals surface area contributed by atoms with Crippen molar-refractivity contribution in [2.24, 2.45) is 0 Å². The summed E-state index contributed by atoms with van der Waals surface area (Å²) in [5.41, 5.74) is 0. The molecule has 2 N–H and O–H groups in total. The van der Waals surface area contributed by atoms with E-state index in [0.717, 1.165) is 11.6 Å². The van der Waals surface area contributed by atoms with E-state index in [1.807, 2.05) is 13.1 Å². The molecule has 0 radical (unpaired) electrons. The van der Waals surface area contributed by atoms with Crippen molar-refractivity contribution in [3.8, 4) is 0 Å². The van der Waals surface area contributed by atoms with E-state index in [0.29, 0.717) is 6.61 Å². The molecule has 0 saturated heterocycles. The molecular formula is C9H16N2O2S. The van der Waals surface area contributed by atoms with Crippen molar-refractivity contribution in [1.82, 2.24) is 10.3 Å². The lowest BCUT2D eigenvalue weighted by atomic mass is 10.3. The van der Waals surface area contributed by atoms with Gasteiger partial charge in [-0.15, -0.1) is 11.3 Å². The molecule has 4 nitrogen and oxygen atoms in total. The molecule has 1 aromatic heterocycles. The summed E-state index contributed by atoms with van der Waals surface area (Å²) in [6.07, 6.45) is 1.86. The molecule has 1 heterocycles. The van der Waals surface area contributed by atoms with Crippen molar-refractivity contribution in [2.45, 2.75) is 19.5 Å². The number of nitrogens with one attached hydrogen (secondary N) is 1. The lowest BCUT2D eigenvalue weighted by Crippen LogP contribution is -2.35. The van der Waals surface area contributed by atoms with Crippen LogP contribution in [0, 0.1) is 6.92 Å². The van der Waals surface area contributed by atoms with Gasteiger partial charge in [0.1, 0.15) is 0 Å². The summed E-state index contributed by atoms with van der Waals surface area (Å²) in [6, 6.07) is 0.00223. The van der Waals surface area contributed by atoms with Crippen molar-refractivity contribution in [1.29, 1.82) is 0 Å². The van der Waals surface area contributed by atoms with Crippen molar-refractivity contribution < 1.29 is 9.84 Å². The third kappa shape index (κ3) is 3.71. The quantitative estimate of drug-likeness (QED) is 0.729. The first-order chi connectivity index (χ1) is 6.76. The largest absolute Gasteiger partial charge is 0.395 e. The lowest BCUT2D eigenvalue weighted by Gasteiger charge is -2.13. The highest BCUT2D eigenvalue weighted by Gasteiger charge is 2.06. The van der Waals surface area contributed by atoms with Gasteiger partial charge in [0.2, 0.25) is 0 Å². The summed E-state index contributed by atoms with van der Waals surface area (Å²) in [4.78, 5) is 5.33. The molecule has 0 aromatic carbocycles. The van der Waals surface area contributed by atoms with E-state index in [1.54, 1.807) is 18.4 Å². The summed E-state index contributed by atoms with van der Waals surface area (Å²) in [6.45, 7) is 3.33. The minimum absolute atomic E-state index is 0.00223. The second kappa shape index (κ2) is 6.08. The molecule has 80 valence electrons. The standard InChI is InChI=1S/C9H16N2O2S/c1-7-10-3-9(14-7)4-11-8(5-12)6-13-2/h3,8,11-12H,4-6H2,1-2H3. The Morgan fingerprint density at radius 3 is 3.00 bits per heavy atom. The van der Waals surface area contributed by atoms with Crippen LogP contribution >= 0.6 is 11.3 Å². The van der Waals surface area contributed by atoms with Gasteiger partial charge in [0.25, 0.3) is 0 Å². The SMILES string of the molecule is COCC(CO)NCc1cnc(C)s1. The zero-order valence-corrected chi connectivity index (χ0v) is 9.30. The number of hydrogen-bond acceptors (Lipinski definition) is 5. The fourth-order valence-corrected chi connectivity index (χ4v) is 1.86. The van der Waals surface area contributed by atoms with Crippen LogP contribution < -0.4 is 5.32 Å². The van der Waals surface area contributed by atoms with Gasteiger partial charge in [-0.05, 0) is 6.92 Å². The lowest BCUT2D eigenvalue weighted by molar-refractivity contribution is 0.128. The molecule has 0 amide bonds. The summed E-state index contributed by atoms with van der Waals surface area (Å²) >= 11 is 1.66. The number of methoxy groups -OCH3 is 1.